The number of carbonyl (C=O) groups excluding carboxylic acids is 1. The minimum absolute atomic E-state index is 0.0389. The van der Waals surface area contributed by atoms with Crippen molar-refractivity contribution in [3.63, 3.8) is 0 Å². The highest BCUT2D eigenvalue weighted by Gasteiger charge is 2.36. The second-order valence-electron chi connectivity index (χ2n) is 7.35. The van der Waals surface area contributed by atoms with Crippen LogP contribution in [0.15, 0.2) is 17.1 Å². The lowest BCUT2D eigenvalue weighted by molar-refractivity contribution is -0.141. The summed E-state index contributed by atoms with van der Waals surface area (Å²) in [6.45, 7) is 6.07. The number of hydrogen-bond acceptors (Lipinski definition) is 2. The summed E-state index contributed by atoms with van der Waals surface area (Å²) < 4.78 is 38.8. The summed E-state index contributed by atoms with van der Waals surface area (Å²) in [6.07, 6.45) is -0.678. The second kappa shape index (κ2) is 8.18. The summed E-state index contributed by atoms with van der Waals surface area (Å²) in [5, 5.41) is 0. The van der Waals surface area contributed by atoms with Gasteiger partial charge < -0.3 is 5.73 Å². The number of aliphatic imine (C=N–C) groups is 1. The highest BCUT2D eigenvalue weighted by atomic mass is 19.4. The van der Waals surface area contributed by atoms with Gasteiger partial charge in [0.2, 0.25) is 0 Å². The average molecular weight is 369 g/mol. The van der Waals surface area contributed by atoms with Crippen LogP contribution in [-0.2, 0) is 11.0 Å². The van der Waals surface area contributed by atoms with Gasteiger partial charge in [-0.3, -0.25) is 4.79 Å². The Balaban J connectivity index is 2.31. The van der Waals surface area contributed by atoms with E-state index in [4.69, 9.17) is 5.73 Å². The molecular formula is C19H26F3N3O. The van der Waals surface area contributed by atoms with E-state index in [2.05, 4.69) is 9.98 Å². The fourth-order valence-electron chi connectivity index (χ4n) is 3.05. The molecule has 0 aliphatic heterocycles. The zero-order valence-corrected chi connectivity index (χ0v) is 15.4. The molecule has 26 heavy (non-hydrogen) atoms. The Labute approximate surface area is 152 Å². The number of nitrogens with two attached hydrogens (primary N) is 1. The fourth-order valence-corrected chi connectivity index (χ4v) is 3.05. The van der Waals surface area contributed by atoms with Gasteiger partial charge in [-0.05, 0) is 43.7 Å². The summed E-state index contributed by atoms with van der Waals surface area (Å²) >= 11 is 0. The summed E-state index contributed by atoms with van der Waals surface area (Å²) in [5.74, 6) is -0.257. The van der Waals surface area contributed by atoms with Gasteiger partial charge in [-0.1, -0.05) is 27.2 Å². The molecule has 1 heterocycles. The molecule has 0 spiro atoms. The molecule has 1 aromatic heterocycles. The van der Waals surface area contributed by atoms with Crippen molar-refractivity contribution in [1.29, 1.82) is 0 Å². The lowest BCUT2D eigenvalue weighted by atomic mass is 9.92. The fraction of sp³-hybridized carbons (Fsp3) is 0.632. The number of pyridine rings is 1. The van der Waals surface area contributed by atoms with Gasteiger partial charge in [0.1, 0.15) is 11.5 Å². The lowest BCUT2D eigenvalue weighted by Gasteiger charge is -2.16. The predicted octanol–water partition coefficient (Wildman–Crippen LogP) is 4.67. The summed E-state index contributed by atoms with van der Waals surface area (Å²) in [7, 11) is 0. The van der Waals surface area contributed by atoms with Crippen LogP contribution in [0, 0.1) is 11.8 Å². The zero-order chi connectivity index (χ0) is 19.5. The summed E-state index contributed by atoms with van der Waals surface area (Å²) in [4.78, 5) is 20.3. The molecule has 1 amide bonds. The average Bonchev–Trinajstić information content (AvgIpc) is 3.37. The van der Waals surface area contributed by atoms with Crippen molar-refractivity contribution in [3.05, 3.63) is 29.1 Å². The Bertz CT molecular complexity index is 679. The highest BCUT2D eigenvalue weighted by molar-refractivity contribution is 6.05. The lowest BCUT2D eigenvalue weighted by Crippen LogP contribution is -2.23. The van der Waals surface area contributed by atoms with Crippen molar-refractivity contribution in [2.24, 2.45) is 22.6 Å². The molecule has 1 saturated carbocycles. The Hall–Kier alpha value is -1.92. The van der Waals surface area contributed by atoms with Crippen molar-refractivity contribution in [2.75, 3.05) is 0 Å². The summed E-state index contributed by atoms with van der Waals surface area (Å²) in [6, 6.07) is 2.18. The van der Waals surface area contributed by atoms with Crippen LogP contribution >= 0.6 is 0 Å². The molecule has 0 saturated heterocycles. The molecule has 7 heteroatoms. The molecule has 0 bridgehead atoms. The van der Waals surface area contributed by atoms with Gasteiger partial charge in [0.25, 0.3) is 5.91 Å². The van der Waals surface area contributed by atoms with Gasteiger partial charge in [0.15, 0.2) is 0 Å². The van der Waals surface area contributed by atoms with Crippen LogP contribution in [0.4, 0.5) is 13.2 Å². The molecule has 1 aliphatic rings. The van der Waals surface area contributed by atoms with E-state index in [9.17, 15) is 18.0 Å². The molecule has 0 aromatic carbocycles. The molecule has 1 atom stereocenters. The van der Waals surface area contributed by atoms with E-state index in [1.165, 1.54) is 6.07 Å². The molecule has 4 nitrogen and oxygen atoms in total. The van der Waals surface area contributed by atoms with E-state index in [0.29, 0.717) is 30.0 Å². The maximum atomic E-state index is 12.9. The molecule has 1 aliphatic carbocycles. The number of hydrogen-bond donors (Lipinski definition) is 1. The van der Waals surface area contributed by atoms with Gasteiger partial charge in [-0.15, -0.1) is 0 Å². The van der Waals surface area contributed by atoms with E-state index < -0.39 is 11.9 Å². The number of nitrogens with zero attached hydrogens (tertiary/aromatic N) is 2. The number of amides is 1. The Morgan fingerprint density at radius 2 is 2.00 bits per heavy atom. The van der Waals surface area contributed by atoms with Gasteiger partial charge in [0, 0.05) is 17.4 Å². The normalized spacial score (nSPS) is 16.8. The quantitative estimate of drug-likeness (QED) is 0.561. The Morgan fingerprint density at radius 3 is 2.50 bits per heavy atom. The monoisotopic (exact) mass is 369 g/mol. The first-order valence-electron chi connectivity index (χ1n) is 9.10. The number of amidine groups is 1. The first-order chi connectivity index (χ1) is 12.1. The first kappa shape index (κ1) is 20.4. The highest BCUT2D eigenvalue weighted by Crippen LogP contribution is 2.42. The van der Waals surface area contributed by atoms with Crippen LogP contribution in [-0.4, -0.2) is 16.7 Å². The van der Waals surface area contributed by atoms with Crippen molar-refractivity contribution >= 4 is 11.7 Å². The first-order valence-corrected chi connectivity index (χ1v) is 9.10. The Morgan fingerprint density at radius 1 is 1.35 bits per heavy atom. The number of alkyl halides is 3. The second-order valence-corrected chi connectivity index (χ2v) is 7.35. The molecule has 0 unspecified atom stereocenters. The largest absolute Gasteiger partial charge is 0.433 e. The van der Waals surface area contributed by atoms with Crippen LogP contribution in [0.5, 0.6) is 0 Å². The van der Waals surface area contributed by atoms with Crippen LogP contribution < -0.4 is 5.73 Å². The molecule has 2 N–H and O–H groups in total. The number of carbonyl (C=O) groups is 1. The molecule has 144 valence electrons. The van der Waals surface area contributed by atoms with Crippen LogP contribution in [0.25, 0.3) is 0 Å². The van der Waals surface area contributed by atoms with Crippen LogP contribution in [0.2, 0.25) is 0 Å². The maximum absolute atomic E-state index is 12.9. The SMILES string of the molecule is CCC[C@@H](CC(C)C)C(=O)N=C(N)c1ccc(C(F)(F)F)nc1C1CC1. The standard InChI is InChI=1S/C19H26F3N3O/c1-4-5-13(10-11(2)3)18(26)25-17(23)14-8-9-15(19(20,21)22)24-16(14)12-6-7-12/h8-9,11-13H,4-7,10H2,1-3H3,(H2,23,25,26)/t13-/m0/s1. The van der Waals surface area contributed by atoms with Crippen molar-refractivity contribution < 1.29 is 18.0 Å². The third kappa shape index (κ3) is 5.29. The number of aromatic nitrogens is 1. The topological polar surface area (TPSA) is 68.3 Å². The zero-order valence-electron chi connectivity index (χ0n) is 15.4. The van der Waals surface area contributed by atoms with Gasteiger partial charge in [-0.2, -0.15) is 18.2 Å². The van der Waals surface area contributed by atoms with E-state index >= 15 is 0 Å². The van der Waals surface area contributed by atoms with E-state index in [-0.39, 0.29) is 23.6 Å². The predicted molar refractivity (Wildman–Crippen MR) is 94.8 cm³/mol. The van der Waals surface area contributed by atoms with Crippen LogP contribution in [0.1, 0.15) is 75.7 Å². The number of rotatable bonds is 7. The van der Waals surface area contributed by atoms with Gasteiger partial charge >= 0.3 is 6.18 Å². The van der Waals surface area contributed by atoms with Crippen LogP contribution in [0.3, 0.4) is 0 Å². The van der Waals surface area contributed by atoms with E-state index in [1.54, 1.807) is 0 Å². The minimum Gasteiger partial charge on any atom is -0.383 e. The third-order valence-electron chi connectivity index (χ3n) is 4.43. The third-order valence-corrected chi connectivity index (χ3v) is 4.43. The molecular weight excluding hydrogens is 343 g/mol. The van der Waals surface area contributed by atoms with E-state index in [0.717, 1.165) is 25.3 Å². The van der Waals surface area contributed by atoms with Gasteiger partial charge in [-0.25, -0.2) is 4.98 Å². The molecule has 2 rings (SSSR count). The van der Waals surface area contributed by atoms with Crippen molar-refractivity contribution in [3.8, 4) is 0 Å². The number of halogens is 3. The van der Waals surface area contributed by atoms with Crippen molar-refractivity contribution in [1.82, 2.24) is 4.98 Å². The molecule has 1 fully saturated rings. The molecule has 1 aromatic rings. The minimum atomic E-state index is -4.51. The van der Waals surface area contributed by atoms with E-state index in [1.807, 2.05) is 20.8 Å². The smallest absolute Gasteiger partial charge is 0.383 e. The summed E-state index contributed by atoms with van der Waals surface area (Å²) in [5.41, 5.74) is 5.69. The molecule has 0 radical (unpaired) electrons. The Kier molecular flexibility index (Phi) is 6.42. The van der Waals surface area contributed by atoms with Gasteiger partial charge in [0.05, 0.1) is 5.69 Å². The maximum Gasteiger partial charge on any atom is 0.433 e. The van der Waals surface area contributed by atoms with Crippen molar-refractivity contribution in [2.45, 2.75) is 65.0 Å².